The molecule has 1 N–H and O–H groups in total. The molecule has 0 bridgehead atoms. The molecule has 4 heteroatoms. The first-order valence-corrected chi connectivity index (χ1v) is 8.28. The summed E-state index contributed by atoms with van der Waals surface area (Å²) < 4.78 is 0. The van der Waals surface area contributed by atoms with Gasteiger partial charge in [-0.2, -0.15) is 0 Å². The summed E-state index contributed by atoms with van der Waals surface area (Å²) in [6, 6.07) is 17.2. The van der Waals surface area contributed by atoms with Crippen molar-refractivity contribution in [3.8, 4) is 0 Å². The molecule has 0 amide bonds. The highest BCUT2D eigenvalue weighted by Gasteiger charge is 2.11. The number of pyridine rings is 2. The zero-order valence-corrected chi connectivity index (χ0v) is 14.2. The van der Waals surface area contributed by atoms with E-state index in [1.54, 1.807) is 12.3 Å². The van der Waals surface area contributed by atoms with E-state index in [0.29, 0.717) is 16.6 Å². The molecule has 26 heavy (non-hydrogen) atoms. The number of carboxylic acids is 1. The summed E-state index contributed by atoms with van der Waals surface area (Å²) in [6.45, 7) is 1.94. The van der Waals surface area contributed by atoms with E-state index in [-0.39, 0.29) is 5.56 Å². The standard InChI is InChI=1S/C22H16N2O2/c1-14-4-8-21-18(11-14)19(22(25)26)13-17(24-21)7-5-15-6-9-20-16(12-15)3-2-10-23-20/h2-13H,1H3,(H,25,26)/b7-5+. The number of benzene rings is 2. The van der Waals surface area contributed by atoms with Gasteiger partial charge in [0.05, 0.1) is 22.3 Å². The number of carboxylic acid groups (broad SMARTS) is 1. The minimum absolute atomic E-state index is 0.265. The number of fused-ring (bicyclic) bond motifs is 2. The molecule has 0 fully saturated rings. The third kappa shape index (κ3) is 3.05. The van der Waals surface area contributed by atoms with E-state index in [0.717, 1.165) is 22.0 Å². The van der Waals surface area contributed by atoms with Crippen LogP contribution < -0.4 is 0 Å². The first-order valence-electron chi connectivity index (χ1n) is 8.28. The van der Waals surface area contributed by atoms with Gasteiger partial charge in [-0.15, -0.1) is 0 Å². The fourth-order valence-corrected chi connectivity index (χ4v) is 3.00. The molecule has 4 aromatic rings. The second-order valence-corrected chi connectivity index (χ2v) is 6.21. The van der Waals surface area contributed by atoms with Crippen molar-refractivity contribution >= 4 is 39.9 Å². The first kappa shape index (κ1) is 16.0. The molecule has 2 heterocycles. The van der Waals surface area contributed by atoms with Gasteiger partial charge in [0.15, 0.2) is 0 Å². The van der Waals surface area contributed by atoms with E-state index >= 15 is 0 Å². The predicted molar refractivity (Wildman–Crippen MR) is 104 cm³/mol. The van der Waals surface area contributed by atoms with Crippen LogP contribution in [0.2, 0.25) is 0 Å². The first-order chi connectivity index (χ1) is 12.6. The van der Waals surface area contributed by atoms with Gasteiger partial charge < -0.3 is 5.11 Å². The average Bonchev–Trinajstić information content (AvgIpc) is 2.65. The molecule has 2 aromatic heterocycles. The van der Waals surface area contributed by atoms with Crippen LogP contribution in [-0.2, 0) is 0 Å². The zero-order chi connectivity index (χ0) is 18.1. The Morgan fingerprint density at radius 3 is 2.69 bits per heavy atom. The fraction of sp³-hybridized carbons (Fsp3) is 0.0455. The maximum Gasteiger partial charge on any atom is 0.336 e. The maximum absolute atomic E-state index is 11.6. The molecular formula is C22H16N2O2. The van der Waals surface area contributed by atoms with Crippen LogP contribution in [0.25, 0.3) is 34.0 Å². The van der Waals surface area contributed by atoms with Gasteiger partial charge in [0.2, 0.25) is 0 Å². The highest BCUT2D eigenvalue weighted by atomic mass is 16.4. The lowest BCUT2D eigenvalue weighted by Crippen LogP contribution is -2.00. The van der Waals surface area contributed by atoms with Crippen LogP contribution >= 0.6 is 0 Å². The molecule has 0 radical (unpaired) electrons. The molecule has 0 unspecified atom stereocenters. The van der Waals surface area contributed by atoms with Gasteiger partial charge in [0.1, 0.15) is 0 Å². The lowest BCUT2D eigenvalue weighted by molar-refractivity contribution is 0.0699. The molecule has 0 saturated heterocycles. The molecule has 0 spiro atoms. The van der Waals surface area contributed by atoms with Crippen molar-refractivity contribution < 1.29 is 9.90 Å². The average molecular weight is 340 g/mol. The van der Waals surface area contributed by atoms with Gasteiger partial charge in [-0.1, -0.05) is 29.8 Å². The fourth-order valence-electron chi connectivity index (χ4n) is 3.00. The van der Waals surface area contributed by atoms with Crippen molar-refractivity contribution in [2.45, 2.75) is 6.92 Å². The summed E-state index contributed by atoms with van der Waals surface area (Å²) in [5, 5.41) is 11.3. The van der Waals surface area contributed by atoms with E-state index in [1.807, 2.05) is 67.6 Å². The molecule has 0 aliphatic rings. The van der Waals surface area contributed by atoms with Crippen LogP contribution in [-0.4, -0.2) is 21.0 Å². The predicted octanol–water partition coefficient (Wildman–Crippen LogP) is 4.96. The Bertz CT molecular complexity index is 1180. The van der Waals surface area contributed by atoms with Crippen LogP contribution in [0.15, 0.2) is 60.8 Å². The van der Waals surface area contributed by atoms with E-state index in [4.69, 9.17) is 0 Å². The molecule has 0 atom stereocenters. The van der Waals surface area contributed by atoms with Crippen molar-refractivity contribution in [1.82, 2.24) is 9.97 Å². The minimum Gasteiger partial charge on any atom is -0.478 e. The quantitative estimate of drug-likeness (QED) is 0.572. The molecule has 2 aromatic carbocycles. The van der Waals surface area contributed by atoms with E-state index in [1.165, 1.54) is 0 Å². The van der Waals surface area contributed by atoms with Gasteiger partial charge in [0.25, 0.3) is 0 Å². The Labute approximate surface area is 150 Å². The van der Waals surface area contributed by atoms with E-state index in [9.17, 15) is 9.90 Å². The number of nitrogens with zero attached hydrogens (tertiary/aromatic N) is 2. The Hall–Kier alpha value is -3.53. The van der Waals surface area contributed by atoms with E-state index in [2.05, 4.69) is 9.97 Å². The Morgan fingerprint density at radius 1 is 1.00 bits per heavy atom. The summed E-state index contributed by atoms with van der Waals surface area (Å²) in [7, 11) is 0. The van der Waals surface area contributed by atoms with E-state index < -0.39 is 5.97 Å². The van der Waals surface area contributed by atoms with Gasteiger partial charge in [-0.25, -0.2) is 9.78 Å². The molecule has 0 aliphatic carbocycles. The van der Waals surface area contributed by atoms with Gasteiger partial charge in [0, 0.05) is 17.0 Å². The molecule has 126 valence electrons. The Balaban J connectivity index is 1.77. The lowest BCUT2D eigenvalue weighted by atomic mass is 10.0. The third-order valence-electron chi connectivity index (χ3n) is 4.29. The monoisotopic (exact) mass is 340 g/mol. The highest BCUT2D eigenvalue weighted by Crippen LogP contribution is 2.22. The Kier molecular flexibility index (Phi) is 3.93. The summed E-state index contributed by atoms with van der Waals surface area (Å²) in [6.07, 6.45) is 5.54. The van der Waals surface area contributed by atoms with Crippen LogP contribution in [0, 0.1) is 6.92 Å². The highest BCUT2D eigenvalue weighted by molar-refractivity contribution is 6.03. The zero-order valence-electron chi connectivity index (χ0n) is 14.2. The summed E-state index contributed by atoms with van der Waals surface area (Å²) in [5.74, 6) is -0.950. The van der Waals surface area contributed by atoms with Gasteiger partial charge >= 0.3 is 5.97 Å². The van der Waals surface area contributed by atoms with Crippen molar-refractivity contribution in [3.63, 3.8) is 0 Å². The second-order valence-electron chi connectivity index (χ2n) is 6.21. The van der Waals surface area contributed by atoms with Crippen LogP contribution in [0.4, 0.5) is 0 Å². The normalized spacial score (nSPS) is 11.4. The Morgan fingerprint density at radius 2 is 1.85 bits per heavy atom. The summed E-state index contributed by atoms with van der Waals surface area (Å²) in [5.41, 5.74) is 4.52. The topological polar surface area (TPSA) is 63.1 Å². The van der Waals surface area contributed by atoms with Crippen molar-refractivity contribution in [2.75, 3.05) is 0 Å². The SMILES string of the molecule is Cc1ccc2nc(/C=C/c3ccc4ncccc4c3)cc(C(=O)O)c2c1. The van der Waals surface area contributed by atoms with Crippen molar-refractivity contribution in [3.05, 3.63) is 83.2 Å². The number of rotatable bonds is 3. The smallest absolute Gasteiger partial charge is 0.336 e. The molecule has 4 nitrogen and oxygen atoms in total. The summed E-state index contributed by atoms with van der Waals surface area (Å²) >= 11 is 0. The maximum atomic E-state index is 11.6. The summed E-state index contributed by atoms with van der Waals surface area (Å²) in [4.78, 5) is 20.5. The largest absolute Gasteiger partial charge is 0.478 e. The minimum atomic E-state index is -0.950. The van der Waals surface area contributed by atoms with Gasteiger partial charge in [-0.3, -0.25) is 4.98 Å². The number of carbonyl (C=O) groups is 1. The third-order valence-corrected chi connectivity index (χ3v) is 4.29. The number of aryl methyl sites for hydroxylation is 1. The molecule has 4 rings (SSSR count). The van der Waals surface area contributed by atoms with Crippen molar-refractivity contribution in [1.29, 1.82) is 0 Å². The lowest BCUT2D eigenvalue weighted by Gasteiger charge is -2.05. The number of aromatic nitrogens is 2. The van der Waals surface area contributed by atoms with Crippen molar-refractivity contribution in [2.24, 2.45) is 0 Å². The van der Waals surface area contributed by atoms with Crippen LogP contribution in [0.3, 0.4) is 0 Å². The van der Waals surface area contributed by atoms with Crippen LogP contribution in [0.5, 0.6) is 0 Å². The molecule has 0 saturated carbocycles. The van der Waals surface area contributed by atoms with Crippen LogP contribution in [0.1, 0.15) is 27.2 Å². The molecular weight excluding hydrogens is 324 g/mol. The molecule has 0 aliphatic heterocycles. The van der Waals surface area contributed by atoms with Gasteiger partial charge in [-0.05, 0) is 55.0 Å². The number of hydrogen-bond donors (Lipinski definition) is 1. The number of hydrogen-bond acceptors (Lipinski definition) is 3. The second kappa shape index (κ2) is 6.41. The number of aromatic carboxylic acids is 1.